The van der Waals surface area contributed by atoms with Gasteiger partial charge in [0.2, 0.25) is 0 Å². The normalized spacial score (nSPS) is 15.0. The topological polar surface area (TPSA) is 15.3 Å². The van der Waals surface area contributed by atoms with E-state index in [2.05, 4.69) is 184 Å². The van der Waals surface area contributed by atoms with Crippen LogP contribution in [0.5, 0.6) is 0 Å². The standard InChI is InChI=1S/C46H38N2/c1-45(2)39-17-11-12-18-43(39)48(36-15-9-6-10-16-36)44-29-41-38(28-42(44)45)37-24-22-33(27-40(37)46(41,3)4)30-19-20-32-26-35(23-21-31(32)25-30)47-34-13-7-5-8-14-34/h5-29,47H,1-4H3. The van der Waals surface area contributed by atoms with Crippen molar-refractivity contribution in [3.8, 4) is 22.3 Å². The number of nitrogens with zero attached hydrogens (tertiary/aromatic N) is 1. The highest BCUT2D eigenvalue weighted by Crippen LogP contribution is 2.57. The second-order valence-corrected chi connectivity index (χ2v) is 14.4. The molecule has 7 aromatic rings. The van der Waals surface area contributed by atoms with Gasteiger partial charge in [-0.1, -0.05) is 113 Å². The summed E-state index contributed by atoms with van der Waals surface area (Å²) >= 11 is 0. The zero-order valence-corrected chi connectivity index (χ0v) is 27.9. The first-order valence-corrected chi connectivity index (χ1v) is 16.9. The molecular weight excluding hydrogens is 581 g/mol. The predicted molar refractivity (Wildman–Crippen MR) is 203 cm³/mol. The third-order valence-electron chi connectivity index (χ3n) is 10.8. The van der Waals surface area contributed by atoms with E-state index in [0.717, 1.165) is 11.4 Å². The van der Waals surface area contributed by atoms with Crippen LogP contribution in [-0.4, -0.2) is 0 Å². The number of anilines is 5. The number of para-hydroxylation sites is 3. The molecule has 0 radical (unpaired) electrons. The van der Waals surface area contributed by atoms with E-state index in [1.54, 1.807) is 0 Å². The molecule has 2 heteroatoms. The van der Waals surface area contributed by atoms with Crippen molar-refractivity contribution in [2.45, 2.75) is 38.5 Å². The Morgan fingerprint density at radius 3 is 1.85 bits per heavy atom. The Kier molecular flexibility index (Phi) is 6.23. The van der Waals surface area contributed by atoms with E-state index in [9.17, 15) is 0 Å². The molecule has 0 saturated heterocycles. The van der Waals surface area contributed by atoms with Crippen LogP contribution in [0.4, 0.5) is 28.4 Å². The molecule has 48 heavy (non-hydrogen) atoms. The number of fused-ring (bicyclic) bond motifs is 6. The van der Waals surface area contributed by atoms with Gasteiger partial charge in [-0.05, 0) is 122 Å². The summed E-state index contributed by atoms with van der Waals surface area (Å²) in [5.74, 6) is 0. The Bertz CT molecular complexity index is 2370. The minimum Gasteiger partial charge on any atom is -0.356 e. The van der Waals surface area contributed by atoms with Gasteiger partial charge in [-0.3, -0.25) is 0 Å². The van der Waals surface area contributed by atoms with Crippen molar-refractivity contribution >= 4 is 39.2 Å². The van der Waals surface area contributed by atoms with Gasteiger partial charge < -0.3 is 10.2 Å². The summed E-state index contributed by atoms with van der Waals surface area (Å²) in [4.78, 5) is 2.47. The summed E-state index contributed by atoms with van der Waals surface area (Å²) in [6.45, 7) is 9.54. The fourth-order valence-corrected chi connectivity index (χ4v) is 8.15. The zero-order chi connectivity index (χ0) is 32.6. The maximum Gasteiger partial charge on any atom is 0.0506 e. The molecule has 0 unspecified atom stereocenters. The second kappa shape index (κ2) is 10.5. The maximum atomic E-state index is 3.53. The highest BCUT2D eigenvalue weighted by atomic mass is 15.2. The molecule has 0 bridgehead atoms. The summed E-state index contributed by atoms with van der Waals surface area (Å²) < 4.78 is 0. The Labute approximate surface area is 283 Å². The van der Waals surface area contributed by atoms with Crippen LogP contribution in [0.25, 0.3) is 33.0 Å². The Balaban J connectivity index is 1.13. The summed E-state index contributed by atoms with van der Waals surface area (Å²) in [5.41, 5.74) is 16.3. The van der Waals surface area contributed by atoms with Gasteiger partial charge >= 0.3 is 0 Å². The van der Waals surface area contributed by atoms with E-state index >= 15 is 0 Å². The highest BCUT2D eigenvalue weighted by molar-refractivity contribution is 5.94. The first-order valence-electron chi connectivity index (χ1n) is 16.9. The van der Waals surface area contributed by atoms with Gasteiger partial charge in [-0.25, -0.2) is 0 Å². The van der Waals surface area contributed by atoms with Crippen LogP contribution in [0.1, 0.15) is 49.9 Å². The summed E-state index contributed by atoms with van der Waals surface area (Å²) in [6.07, 6.45) is 0. The fraction of sp³-hybridized carbons (Fsp3) is 0.130. The van der Waals surface area contributed by atoms with Crippen LogP contribution >= 0.6 is 0 Å². The van der Waals surface area contributed by atoms with Crippen LogP contribution in [0.15, 0.2) is 152 Å². The second-order valence-electron chi connectivity index (χ2n) is 14.4. The van der Waals surface area contributed by atoms with Gasteiger partial charge in [0.15, 0.2) is 0 Å². The van der Waals surface area contributed by atoms with Gasteiger partial charge in [0.05, 0.1) is 11.4 Å². The minimum absolute atomic E-state index is 0.138. The van der Waals surface area contributed by atoms with E-state index in [1.165, 1.54) is 72.3 Å². The number of nitrogens with one attached hydrogen (secondary N) is 1. The molecule has 1 aliphatic heterocycles. The van der Waals surface area contributed by atoms with Crippen molar-refractivity contribution in [3.05, 3.63) is 174 Å². The molecule has 2 nitrogen and oxygen atoms in total. The number of rotatable bonds is 4. The molecule has 0 aromatic heterocycles. The minimum atomic E-state index is -0.145. The monoisotopic (exact) mass is 618 g/mol. The number of hydrogen-bond donors (Lipinski definition) is 1. The van der Waals surface area contributed by atoms with Crippen molar-refractivity contribution < 1.29 is 0 Å². The van der Waals surface area contributed by atoms with Crippen LogP contribution in [0, 0.1) is 0 Å². The SMILES string of the molecule is CC1(C)c2cc(-c3ccc4cc(Nc5ccccc5)ccc4c3)ccc2-c2cc3c(cc21)N(c1ccccc1)c1ccccc1C3(C)C. The average molecular weight is 619 g/mol. The summed E-state index contributed by atoms with van der Waals surface area (Å²) in [5, 5.41) is 6.00. The molecule has 1 heterocycles. The zero-order valence-electron chi connectivity index (χ0n) is 27.9. The molecule has 0 spiro atoms. The van der Waals surface area contributed by atoms with E-state index in [4.69, 9.17) is 0 Å². The van der Waals surface area contributed by atoms with Crippen LogP contribution < -0.4 is 10.2 Å². The average Bonchev–Trinajstić information content (AvgIpc) is 3.33. The molecule has 0 saturated carbocycles. The summed E-state index contributed by atoms with van der Waals surface area (Å²) in [7, 11) is 0. The molecule has 0 fully saturated rings. The molecule has 0 amide bonds. The molecule has 2 aliphatic rings. The number of benzene rings is 7. The van der Waals surface area contributed by atoms with Gasteiger partial charge in [0.1, 0.15) is 0 Å². The lowest BCUT2D eigenvalue weighted by Crippen LogP contribution is -2.31. The molecule has 9 rings (SSSR count). The Morgan fingerprint density at radius 2 is 1.04 bits per heavy atom. The van der Waals surface area contributed by atoms with E-state index in [0.29, 0.717) is 0 Å². The Hall–Kier alpha value is -5.60. The van der Waals surface area contributed by atoms with Crippen molar-refractivity contribution in [3.63, 3.8) is 0 Å². The van der Waals surface area contributed by atoms with E-state index in [1.807, 2.05) is 6.07 Å². The predicted octanol–water partition coefficient (Wildman–Crippen LogP) is 12.7. The molecule has 232 valence electrons. The first kappa shape index (κ1) is 28.6. The molecule has 1 N–H and O–H groups in total. The van der Waals surface area contributed by atoms with Gasteiger partial charge in [-0.2, -0.15) is 0 Å². The smallest absolute Gasteiger partial charge is 0.0506 e. The fourth-order valence-electron chi connectivity index (χ4n) is 8.15. The molecule has 0 atom stereocenters. The van der Waals surface area contributed by atoms with Crippen LogP contribution in [-0.2, 0) is 10.8 Å². The third kappa shape index (κ3) is 4.33. The lowest BCUT2D eigenvalue weighted by atomic mass is 9.72. The van der Waals surface area contributed by atoms with Crippen LogP contribution in [0.3, 0.4) is 0 Å². The van der Waals surface area contributed by atoms with Crippen LogP contribution in [0.2, 0.25) is 0 Å². The van der Waals surface area contributed by atoms with Crippen molar-refractivity contribution in [2.75, 3.05) is 10.2 Å². The van der Waals surface area contributed by atoms with Crippen molar-refractivity contribution in [1.29, 1.82) is 0 Å². The molecule has 7 aromatic carbocycles. The van der Waals surface area contributed by atoms with Crippen molar-refractivity contribution in [2.24, 2.45) is 0 Å². The largest absolute Gasteiger partial charge is 0.356 e. The van der Waals surface area contributed by atoms with E-state index < -0.39 is 0 Å². The maximum absolute atomic E-state index is 3.53. The van der Waals surface area contributed by atoms with Gasteiger partial charge in [0, 0.05) is 27.9 Å². The van der Waals surface area contributed by atoms with Gasteiger partial charge in [0.25, 0.3) is 0 Å². The van der Waals surface area contributed by atoms with Gasteiger partial charge in [-0.15, -0.1) is 0 Å². The van der Waals surface area contributed by atoms with Crippen molar-refractivity contribution in [1.82, 2.24) is 0 Å². The molecule has 1 aliphatic carbocycles. The highest BCUT2D eigenvalue weighted by Gasteiger charge is 2.42. The molecular formula is C46H38N2. The lowest BCUT2D eigenvalue weighted by Gasteiger charge is -2.42. The third-order valence-corrected chi connectivity index (χ3v) is 10.8. The van der Waals surface area contributed by atoms with E-state index in [-0.39, 0.29) is 10.8 Å². The Morgan fingerprint density at radius 1 is 0.417 bits per heavy atom. The quantitative estimate of drug-likeness (QED) is 0.211. The number of hydrogen-bond acceptors (Lipinski definition) is 2. The summed E-state index contributed by atoms with van der Waals surface area (Å²) in [6, 6.07) is 55.6. The first-order chi connectivity index (χ1) is 23.3. The lowest BCUT2D eigenvalue weighted by molar-refractivity contribution is 0.627.